The van der Waals surface area contributed by atoms with Crippen LogP contribution in [0, 0.1) is 11.6 Å². The third kappa shape index (κ3) is 4.92. The number of halogens is 2. The van der Waals surface area contributed by atoms with Gasteiger partial charge in [-0.05, 0) is 36.2 Å². The van der Waals surface area contributed by atoms with Crippen molar-refractivity contribution in [1.29, 1.82) is 0 Å². The van der Waals surface area contributed by atoms with E-state index in [2.05, 4.69) is 4.90 Å². The second kappa shape index (κ2) is 8.93. The van der Waals surface area contributed by atoms with Crippen LogP contribution in [0.4, 0.5) is 8.78 Å². The number of carbonyl (C=O) groups excluding carboxylic acids is 2. The Hall–Kier alpha value is -2.80. The molecule has 1 aliphatic rings. The van der Waals surface area contributed by atoms with Gasteiger partial charge in [0.25, 0.3) is 5.91 Å². The lowest BCUT2D eigenvalue weighted by Crippen LogP contribution is -2.35. The van der Waals surface area contributed by atoms with Crippen molar-refractivity contribution in [3.63, 3.8) is 0 Å². The first-order valence-corrected chi connectivity index (χ1v) is 9.17. The van der Waals surface area contributed by atoms with Crippen LogP contribution in [0.25, 0.3) is 0 Å². The topological polar surface area (TPSA) is 49.9 Å². The molecule has 0 bridgehead atoms. The Morgan fingerprint density at radius 3 is 2.54 bits per heavy atom. The Morgan fingerprint density at radius 2 is 1.79 bits per heavy atom. The van der Waals surface area contributed by atoms with Crippen molar-refractivity contribution >= 4 is 11.9 Å². The number of amides is 1. The Kier molecular flexibility index (Phi) is 6.36. The van der Waals surface area contributed by atoms with Crippen molar-refractivity contribution in [2.45, 2.75) is 19.9 Å². The normalized spacial score (nSPS) is 15.2. The second-order valence-electron chi connectivity index (χ2n) is 6.76. The summed E-state index contributed by atoms with van der Waals surface area (Å²) in [5.74, 6) is -2.13. The Morgan fingerprint density at radius 1 is 1.00 bits per heavy atom. The molecule has 1 heterocycles. The van der Waals surface area contributed by atoms with E-state index in [9.17, 15) is 18.4 Å². The minimum atomic E-state index is -0.858. The summed E-state index contributed by atoms with van der Waals surface area (Å²) in [5, 5.41) is 0. The van der Waals surface area contributed by atoms with Crippen LogP contribution in [-0.2, 0) is 11.3 Å². The van der Waals surface area contributed by atoms with E-state index in [1.165, 1.54) is 13.0 Å². The molecule has 0 N–H and O–H groups in total. The zero-order chi connectivity index (χ0) is 20.1. The Labute approximate surface area is 162 Å². The van der Waals surface area contributed by atoms with E-state index in [-0.39, 0.29) is 11.7 Å². The van der Waals surface area contributed by atoms with Crippen molar-refractivity contribution in [3.8, 4) is 5.75 Å². The fraction of sp³-hybridized carbons (Fsp3) is 0.333. The van der Waals surface area contributed by atoms with Crippen molar-refractivity contribution in [1.82, 2.24) is 9.80 Å². The number of esters is 1. The minimum Gasteiger partial charge on any atom is -0.426 e. The number of ether oxygens (including phenoxy) is 1. The summed E-state index contributed by atoms with van der Waals surface area (Å²) in [6.45, 7) is 4.21. The van der Waals surface area contributed by atoms with Gasteiger partial charge in [0, 0.05) is 39.6 Å². The quantitative estimate of drug-likeness (QED) is 0.596. The maximum absolute atomic E-state index is 13.4. The van der Waals surface area contributed by atoms with E-state index in [1.54, 1.807) is 35.2 Å². The largest absolute Gasteiger partial charge is 0.426 e. The molecule has 0 spiro atoms. The van der Waals surface area contributed by atoms with E-state index < -0.39 is 17.6 Å². The molecule has 0 radical (unpaired) electrons. The SMILES string of the molecule is CC(=O)Oc1ccccc1C(=O)N1CCCN(Cc2ccc(F)c(F)c2)CC1. The molecule has 0 saturated carbocycles. The van der Waals surface area contributed by atoms with Gasteiger partial charge in [-0.25, -0.2) is 8.78 Å². The van der Waals surface area contributed by atoms with E-state index in [1.807, 2.05) is 0 Å². The van der Waals surface area contributed by atoms with Gasteiger partial charge in [-0.3, -0.25) is 14.5 Å². The van der Waals surface area contributed by atoms with Crippen molar-refractivity contribution in [3.05, 3.63) is 65.2 Å². The number of para-hydroxylation sites is 1. The monoisotopic (exact) mass is 388 g/mol. The molecule has 0 atom stereocenters. The van der Waals surface area contributed by atoms with E-state index in [0.29, 0.717) is 37.3 Å². The van der Waals surface area contributed by atoms with Gasteiger partial charge >= 0.3 is 5.97 Å². The third-order valence-electron chi connectivity index (χ3n) is 4.64. The molecule has 28 heavy (non-hydrogen) atoms. The third-order valence-corrected chi connectivity index (χ3v) is 4.64. The van der Waals surface area contributed by atoms with Gasteiger partial charge < -0.3 is 9.64 Å². The van der Waals surface area contributed by atoms with Gasteiger partial charge in [-0.1, -0.05) is 18.2 Å². The summed E-state index contributed by atoms with van der Waals surface area (Å²) in [5.41, 5.74) is 1.05. The molecule has 0 aliphatic carbocycles. The number of hydrogen-bond donors (Lipinski definition) is 0. The van der Waals surface area contributed by atoms with Crippen LogP contribution in [0.3, 0.4) is 0 Å². The predicted octanol–water partition coefficient (Wildman–Crippen LogP) is 3.24. The summed E-state index contributed by atoms with van der Waals surface area (Å²) in [4.78, 5) is 28.0. The maximum atomic E-state index is 13.4. The molecule has 7 heteroatoms. The van der Waals surface area contributed by atoms with Gasteiger partial charge in [-0.2, -0.15) is 0 Å². The van der Waals surface area contributed by atoms with Crippen LogP contribution in [0.2, 0.25) is 0 Å². The number of hydrogen-bond acceptors (Lipinski definition) is 4. The summed E-state index contributed by atoms with van der Waals surface area (Å²) in [6, 6.07) is 10.6. The van der Waals surface area contributed by atoms with Gasteiger partial charge in [-0.15, -0.1) is 0 Å². The molecule has 148 valence electrons. The Balaban J connectivity index is 1.65. The number of rotatable bonds is 4. The van der Waals surface area contributed by atoms with Crippen LogP contribution in [0.5, 0.6) is 5.75 Å². The summed E-state index contributed by atoms with van der Waals surface area (Å²) >= 11 is 0. The van der Waals surface area contributed by atoms with Crippen LogP contribution in [-0.4, -0.2) is 47.9 Å². The van der Waals surface area contributed by atoms with Crippen LogP contribution < -0.4 is 4.74 Å². The molecule has 1 saturated heterocycles. The first-order chi connectivity index (χ1) is 13.4. The van der Waals surface area contributed by atoms with E-state index in [4.69, 9.17) is 4.74 Å². The molecule has 0 aromatic heterocycles. The van der Waals surface area contributed by atoms with E-state index in [0.717, 1.165) is 19.0 Å². The first-order valence-electron chi connectivity index (χ1n) is 9.17. The average molecular weight is 388 g/mol. The lowest BCUT2D eigenvalue weighted by molar-refractivity contribution is -0.131. The molecular weight excluding hydrogens is 366 g/mol. The highest BCUT2D eigenvalue weighted by Crippen LogP contribution is 2.21. The summed E-state index contributed by atoms with van der Waals surface area (Å²) in [7, 11) is 0. The fourth-order valence-electron chi connectivity index (χ4n) is 3.29. The molecule has 0 unspecified atom stereocenters. The molecule has 2 aromatic rings. The van der Waals surface area contributed by atoms with Gasteiger partial charge in [0.2, 0.25) is 0 Å². The second-order valence-corrected chi connectivity index (χ2v) is 6.76. The highest BCUT2D eigenvalue weighted by atomic mass is 19.2. The zero-order valence-corrected chi connectivity index (χ0v) is 15.7. The fourth-order valence-corrected chi connectivity index (χ4v) is 3.29. The summed E-state index contributed by atoms with van der Waals surface area (Å²) in [6.07, 6.45) is 0.755. The minimum absolute atomic E-state index is 0.188. The highest BCUT2D eigenvalue weighted by molar-refractivity contribution is 5.97. The molecule has 1 aliphatic heterocycles. The zero-order valence-electron chi connectivity index (χ0n) is 15.7. The smallest absolute Gasteiger partial charge is 0.308 e. The maximum Gasteiger partial charge on any atom is 0.308 e. The van der Waals surface area contributed by atoms with Gasteiger partial charge in [0.15, 0.2) is 11.6 Å². The number of nitrogens with zero attached hydrogens (tertiary/aromatic N) is 2. The molecule has 3 rings (SSSR count). The van der Waals surface area contributed by atoms with Gasteiger partial charge in [0.05, 0.1) is 5.56 Å². The highest BCUT2D eigenvalue weighted by Gasteiger charge is 2.23. The van der Waals surface area contributed by atoms with Crippen LogP contribution in [0.1, 0.15) is 29.3 Å². The molecule has 1 amide bonds. The van der Waals surface area contributed by atoms with Crippen LogP contribution in [0.15, 0.2) is 42.5 Å². The number of carbonyl (C=O) groups is 2. The molecular formula is C21H22F2N2O3. The predicted molar refractivity (Wildman–Crippen MR) is 99.9 cm³/mol. The average Bonchev–Trinajstić information content (AvgIpc) is 2.90. The summed E-state index contributed by atoms with van der Waals surface area (Å²) < 4.78 is 31.7. The van der Waals surface area contributed by atoms with Crippen LogP contribution >= 0.6 is 0 Å². The van der Waals surface area contributed by atoms with Crippen molar-refractivity contribution in [2.75, 3.05) is 26.2 Å². The standard InChI is InChI=1S/C21H22F2N2O3/c1-15(26)28-20-6-3-2-5-17(20)21(27)25-10-4-9-24(11-12-25)14-16-7-8-18(22)19(23)13-16/h2-3,5-8,13H,4,9-12,14H2,1H3. The lowest BCUT2D eigenvalue weighted by atomic mass is 10.1. The molecule has 1 fully saturated rings. The molecule has 5 nitrogen and oxygen atoms in total. The van der Waals surface area contributed by atoms with Crippen molar-refractivity contribution < 1.29 is 23.1 Å². The van der Waals surface area contributed by atoms with Gasteiger partial charge in [0.1, 0.15) is 5.75 Å². The van der Waals surface area contributed by atoms with E-state index >= 15 is 0 Å². The number of benzene rings is 2. The lowest BCUT2D eigenvalue weighted by Gasteiger charge is -2.23. The first kappa shape index (κ1) is 19.9. The Bertz CT molecular complexity index is 872. The molecule has 2 aromatic carbocycles. The van der Waals surface area contributed by atoms with Crippen molar-refractivity contribution in [2.24, 2.45) is 0 Å².